The van der Waals surface area contributed by atoms with E-state index in [4.69, 9.17) is 5.11 Å². The molecule has 0 fully saturated rings. The molecule has 11 nitrogen and oxygen atoms in total. The molecule has 0 spiro atoms. The molecule has 0 saturated carbocycles. The number of carboxylic acids is 2. The zero-order valence-corrected chi connectivity index (χ0v) is 14.9. The van der Waals surface area contributed by atoms with E-state index in [-0.39, 0.29) is 12.2 Å². The normalized spacial score (nSPS) is 15.0. The summed E-state index contributed by atoms with van der Waals surface area (Å²) in [5.74, 6) is -5.13. The number of rotatable bonds is 10. The van der Waals surface area contributed by atoms with Gasteiger partial charge in [0.1, 0.15) is 17.8 Å². The molecule has 154 valence electrons. The molecule has 0 saturated heterocycles. The van der Waals surface area contributed by atoms with Gasteiger partial charge in [-0.05, 0) is 24.6 Å². The lowest BCUT2D eigenvalue weighted by Crippen LogP contribution is -2.55. The lowest BCUT2D eigenvalue weighted by molar-refractivity contribution is -0.144. The van der Waals surface area contributed by atoms with Crippen LogP contribution >= 0.6 is 0 Å². The van der Waals surface area contributed by atoms with Gasteiger partial charge in [-0.25, -0.2) is 4.79 Å². The minimum Gasteiger partial charge on any atom is -0.508 e. The van der Waals surface area contributed by atoms with Crippen LogP contribution in [0.3, 0.4) is 0 Å². The smallest absolute Gasteiger partial charge is 0.326 e. The second-order valence-corrected chi connectivity index (χ2v) is 6.11. The number of carbonyl (C=O) groups is 4. The quantitative estimate of drug-likeness (QED) is 0.238. The number of hydrogen-bond donors (Lipinski definition) is 7. The van der Waals surface area contributed by atoms with Crippen molar-refractivity contribution in [1.29, 1.82) is 0 Å². The van der Waals surface area contributed by atoms with E-state index in [1.165, 1.54) is 24.3 Å². The van der Waals surface area contributed by atoms with E-state index in [1.807, 2.05) is 5.32 Å². The maximum Gasteiger partial charge on any atom is 0.326 e. The van der Waals surface area contributed by atoms with E-state index in [0.29, 0.717) is 5.56 Å². The van der Waals surface area contributed by atoms with Crippen molar-refractivity contribution in [2.24, 2.45) is 0 Å². The van der Waals surface area contributed by atoms with Crippen molar-refractivity contribution >= 4 is 23.8 Å². The van der Waals surface area contributed by atoms with Crippen LogP contribution in [-0.4, -0.2) is 73.6 Å². The first-order chi connectivity index (χ1) is 13.0. The van der Waals surface area contributed by atoms with Crippen molar-refractivity contribution in [3.05, 3.63) is 29.8 Å². The van der Waals surface area contributed by atoms with Crippen LogP contribution in [0, 0.1) is 0 Å². The summed E-state index contributed by atoms with van der Waals surface area (Å²) < 4.78 is 0. The van der Waals surface area contributed by atoms with Gasteiger partial charge in [-0.1, -0.05) is 12.1 Å². The Morgan fingerprint density at radius 3 is 1.93 bits per heavy atom. The van der Waals surface area contributed by atoms with Gasteiger partial charge in [-0.3, -0.25) is 14.4 Å². The molecule has 4 atom stereocenters. The second-order valence-electron chi connectivity index (χ2n) is 6.11. The Labute approximate surface area is 159 Å². The lowest BCUT2D eigenvalue weighted by atomic mass is 10.0. The van der Waals surface area contributed by atoms with Gasteiger partial charge in [-0.15, -0.1) is 0 Å². The minimum atomic E-state index is -1.89. The molecule has 1 aromatic carbocycles. The summed E-state index contributed by atoms with van der Waals surface area (Å²) in [5.41, 5.74) is 0.480. The van der Waals surface area contributed by atoms with Crippen LogP contribution in [0.5, 0.6) is 5.75 Å². The van der Waals surface area contributed by atoms with Crippen molar-refractivity contribution < 1.29 is 44.7 Å². The third kappa shape index (κ3) is 7.21. The summed E-state index contributed by atoms with van der Waals surface area (Å²) in [6.45, 7) is 1.12. The number of aliphatic carboxylic acids is 2. The van der Waals surface area contributed by atoms with Gasteiger partial charge in [-0.2, -0.15) is 0 Å². The number of phenols is 1. The fraction of sp³-hybridized carbons (Fsp3) is 0.412. The topological polar surface area (TPSA) is 193 Å². The monoisotopic (exact) mass is 398 g/mol. The Morgan fingerprint density at radius 2 is 1.46 bits per heavy atom. The lowest BCUT2D eigenvalue weighted by Gasteiger charge is -2.22. The van der Waals surface area contributed by atoms with Crippen LogP contribution in [0.15, 0.2) is 24.3 Å². The van der Waals surface area contributed by atoms with Crippen LogP contribution in [0.25, 0.3) is 0 Å². The molecule has 0 aromatic heterocycles. The molecule has 0 unspecified atom stereocenters. The molecular formula is C17H22N2O9. The number of aliphatic hydroxyl groups excluding tert-OH is 2. The minimum absolute atomic E-state index is 0.0273. The van der Waals surface area contributed by atoms with E-state index < -0.39 is 54.5 Å². The predicted octanol–water partition coefficient (Wildman–Crippen LogP) is -1.79. The standard InChI is InChI=1S/C17H22N2O9/c1-8(20)14(24)16(26)18-11(7-13(22)23)15(25)19-12(17(27)28)6-9-2-4-10(21)5-3-9/h2-5,8,11-12,14,20-21,24H,6-7H2,1H3,(H,18,26)(H,19,25)(H,22,23)(H,27,28)/t8-,11+,12-,14+/m1/s1. The zero-order valence-electron chi connectivity index (χ0n) is 14.9. The van der Waals surface area contributed by atoms with Crippen molar-refractivity contribution in [3.63, 3.8) is 0 Å². The summed E-state index contributed by atoms with van der Waals surface area (Å²) in [5, 5.41) is 50.3. The maximum absolute atomic E-state index is 12.3. The van der Waals surface area contributed by atoms with E-state index in [1.54, 1.807) is 0 Å². The van der Waals surface area contributed by atoms with Crippen molar-refractivity contribution in [3.8, 4) is 5.75 Å². The third-order valence-corrected chi connectivity index (χ3v) is 3.73. The Bertz CT molecular complexity index is 718. The fourth-order valence-corrected chi connectivity index (χ4v) is 2.20. The van der Waals surface area contributed by atoms with Gasteiger partial charge >= 0.3 is 11.9 Å². The maximum atomic E-state index is 12.3. The molecule has 1 rings (SSSR count). The summed E-state index contributed by atoms with van der Waals surface area (Å²) in [7, 11) is 0. The van der Waals surface area contributed by atoms with Gasteiger partial charge in [0.2, 0.25) is 5.91 Å². The molecule has 0 aliphatic carbocycles. The predicted molar refractivity (Wildman–Crippen MR) is 93.2 cm³/mol. The molecule has 7 N–H and O–H groups in total. The van der Waals surface area contributed by atoms with Crippen LogP contribution in [-0.2, 0) is 25.6 Å². The number of aliphatic hydroxyl groups is 2. The molecule has 0 heterocycles. The molecule has 2 amide bonds. The molecule has 0 aliphatic heterocycles. The number of nitrogens with one attached hydrogen (secondary N) is 2. The van der Waals surface area contributed by atoms with Crippen LogP contribution in [0.1, 0.15) is 18.9 Å². The molecule has 11 heteroatoms. The number of carboxylic acid groups (broad SMARTS) is 2. The molecule has 0 aliphatic rings. The Kier molecular flexibility index (Phi) is 8.35. The first-order valence-electron chi connectivity index (χ1n) is 8.20. The fourth-order valence-electron chi connectivity index (χ4n) is 2.20. The third-order valence-electron chi connectivity index (χ3n) is 3.73. The summed E-state index contributed by atoms with van der Waals surface area (Å²) in [6, 6.07) is 2.47. The highest BCUT2D eigenvalue weighted by Gasteiger charge is 2.31. The molecule has 1 aromatic rings. The molecular weight excluding hydrogens is 376 g/mol. The van der Waals surface area contributed by atoms with Crippen LogP contribution in [0.4, 0.5) is 0 Å². The van der Waals surface area contributed by atoms with E-state index in [0.717, 1.165) is 6.92 Å². The van der Waals surface area contributed by atoms with Crippen LogP contribution < -0.4 is 10.6 Å². The number of benzene rings is 1. The first-order valence-corrected chi connectivity index (χ1v) is 8.20. The summed E-state index contributed by atoms with van der Waals surface area (Å²) in [4.78, 5) is 46.5. The van der Waals surface area contributed by atoms with E-state index in [9.17, 15) is 39.6 Å². The van der Waals surface area contributed by atoms with E-state index >= 15 is 0 Å². The van der Waals surface area contributed by atoms with Gasteiger partial charge in [0.05, 0.1) is 12.5 Å². The summed E-state index contributed by atoms with van der Waals surface area (Å²) >= 11 is 0. The second kappa shape index (κ2) is 10.2. The molecule has 0 bridgehead atoms. The molecule has 28 heavy (non-hydrogen) atoms. The van der Waals surface area contributed by atoms with Crippen molar-refractivity contribution in [2.75, 3.05) is 0 Å². The van der Waals surface area contributed by atoms with Gasteiger partial charge < -0.3 is 36.2 Å². The average molecular weight is 398 g/mol. The number of hydrogen-bond acceptors (Lipinski definition) is 7. The highest BCUT2D eigenvalue weighted by atomic mass is 16.4. The largest absolute Gasteiger partial charge is 0.508 e. The Hall–Kier alpha value is -3.18. The van der Waals surface area contributed by atoms with E-state index in [2.05, 4.69) is 5.32 Å². The highest BCUT2D eigenvalue weighted by molar-refractivity contribution is 5.93. The number of carbonyl (C=O) groups excluding carboxylic acids is 2. The first kappa shape index (κ1) is 22.9. The Morgan fingerprint density at radius 1 is 0.929 bits per heavy atom. The molecule has 0 radical (unpaired) electrons. The Balaban J connectivity index is 2.89. The number of aromatic hydroxyl groups is 1. The number of amides is 2. The van der Waals surface area contributed by atoms with Crippen LogP contribution in [0.2, 0.25) is 0 Å². The summed E-state index contributed by atoms with van der Waals surface area (Å²) in [6.07, 6.45) is -4.38. The SMILES string of the molecule is C[C@@H](O)[C@H](O)C(=O)N[C@@H](CC(=O)O)C(=O)N[C@H](Cc1ccc(O)cc1)C(=O)O. The average Bonchev–Trinajstić information content (AvgIpc) is 2.60. The highest BCUT2D eigenvalue weighted by Crippen LogP contribution is 2.11. The van der Waals surface area contributed by atoms with Gasteiger partial charge in [0.15, 0.2) is 6.10 Å². The van der Waals surface area contributed by atoms with Gasteiger partial charge in [0.25, 0.3) is 5.91 Å². The van der Waals surface area contributed by atoms with Gasteiger partial charge in [0, 0.05) is 6.42 Å². The van der Waals surface area contributed by atoms with Crippen molar-refractivity contribution in [2.45, 2.75) is 44.1 Å². The van der Waals surface area contributed by atoms with Crippen molar-refractivity contribution in [1.82, 2.24) is 10.6 Å². The zero-order chi connectivity index (χ0) is 21.4. The number of phenolic OH excluding ortho intramolecular Hbond substituents is 1.